The van der Waals surface area contributed by atoms with Crippen LogP contribution >= 0.6 is 11.8 Å². The molecule has 2 aromatic carbocycles. The van der Waals surface area contributed by atoms with Crippen LogP contribution in [0.3, 0.4) is 0 Å². The summed E-state index contributed by atoms with van der Waals surface area (Å²) in [5.41, 5.74) is 2.46. The van der Waals surface area contributed by atoms with E-state index in [4.69, 9.17) is 9.47 Å². The van der Waals surface area contributed by atoms with Gasteiger partial charge >= 0.3 is 5.97 Å². The smallest absolute Gasteiger partial charge is 0.325 e. The summed E-state index contributed by atoms with van der Waals surface area (Å²) in [6.07, 6.45) is 2.94. The average molecular weight is 507 g/mol. The van der Waals surface area contributed by atoms with Gasteiger partial charge in [0.15, 0.2) is 5.12 Å². The van der Waals surface area contributed by atoms with E-state index in [0.717, 1.165) is 23.0 Å². The lowest BCUT2D eigenvalue weighted by Gasteiger charge is -2.27. The number of methoxy groups -OCH3 is 1. The zero-order valence-corrected chi connectivity index (χ0v) is 21.3. The van der Waals surface area contributed by atoms with Crippen molar-refractivity contribution in [3.05, 3.63) is 90.3 Å². The fraction of sp³-hybridized carbons (Fsp3) is 0.286. The van der Waals surface area contributed by atoms with E-state index in [-0.39, 0.29) is 17.6 Å². The Kier molecular flexibility index (Phi) is 10.5. The van der Waals surface area contributed by atoms with Gasteiger partial charge in [-0.2, -0.15) is 0 Å². The third-order valence-electron chi connectivity index (χ3n) is 5.50. The number of pyridine rings is 1. The highest BCUT2D eigenvalue weighted by molar-refractivity contribution is 8.13. The van der Waals surface area contributed by atoms with E-state index in [0.29, 0.717) is 36.6 Å². The zero-order valence-electron chi connectivity index (χ0n) is 20.5. The number of aromatic nitrogens is 1. The number of thioether (sulfide) groups is 1. The number of amides is 1. The van der Waals surface area contributed by atoms with Crippen molar-refractivity contribution < 1.29 is 23.9 Å². The molecule has 1 amide bonds. The summed E-state index contributed by atoms with van der Waals surface area (Å²) in [6, 6.07) is 22.5. The van der Waals surface area contributed by atoms with Crippen LogP contribution in [-0.4, -0.2) is 41.4 Å². The van der Waals surface area contributed by atoms with Gasteiger partial charge in [0.25, 0.3) is 0 Å². The Balaban J connectivity index is 1.76. The molecule has 0 radical (unpaired) electrons. The van der Waals surface area contributed by atoms with Gasteiger partial charge in [-0.1, -0.05) is 48.2 Å². The highest BCUT2D eigenvalue weighted by Crippen LogP contribution is 2.25. The molecule has 0 bridgehead atoms. The van der Waals surface area contributed by atoms with Crippen molar-refractivity contribution in [2.45, 2.75) is 26.4 Å². The van der Waals surface area contributed by atoms with Gasteiger partial charge in [0.1, 0.15) is 18.9 Å². The number of hydrogen-bond acceptors (Lipinski definition) is 7. The van der Waals surface area contributed by atoms with Gasteiger partial charge < -0.3 is 14.4 Å². The molecule has 7 nitrogen and oxygen atoms in total. The van der Waals surface area contributed by atoms with Crippen LogP contribution in [-0.2, 0) is 32.1 Å². The lowest BCUT2D eigenvalue weighted by Crippen LogP contribution is -2.41. The van der Waals surface area contributed by atoms with Crippen molar-refractivity contribution >= 4 is 34.4 Å². The second kappa shape index (κ2) is 14.0. The predicted octanol–water partition coefficient (Wildman–Crippen LogP) is 4.70. The number of ether oxygens (including phenoxy) is 2. The highest BCUT2D eigenvalue weighted by Gasteiger charge is 2.28. The maximum Gasteiger partial charge on any atom is 0.325 e. The van der Waals surface area contributed by atoms with Crippen LogP contribution in [0.15, 0.2) is 79.0 Å². The number of esters is 1. The maximum absolute atomic E-state index is 13.7. The third-order valence-corrected chi connectivity index (χ3v) is 6.48. The normalized spacial score (nSPS) is 11.4. The second-order valence-corrected chi connectivity index (χ2v) is 9.32. The van der Waals surface area contributed by atoms with Crippen LogP contribution in [0.4, 0.5) is 5.69 Å². The van der Waals surface area contributed by atoms with Gasteiger partial charge in [-0.15, -0.1) is 0 Å². The average Bonchev–Trinajstić information content (AvgIpc) is 2.91. The first-order valence-electron chi connectivity index (χ1n) is 11.6. The van der Waals surface area contributed by atoms with Crippen LogP contribution < -0.4 is 9.64 Å². The van der Waals surface area contributed by atoms with E-state index in [1.807, 2.05) is 48.5 Å². The molecule has 8 heteroatoms. The third kappa shape index (κ3) is 8.53. The summed E-state index contributed by atoms with van der Waals surface area (Å²) >= 11 is 1.12. The van der Waals surface area contributed by atoms with E-state index in [2.05, 4.69) is 4.98 Å². The van der Waals surface area contributed by atoms with Crippen LogP contribution in [0.25, 0.3) is 0 Å². The Bertz CT molecular complexity index is 1120. The minimum atomic E-state index is -0.528. The molecule has 1 aromatic heterocycles. The molecule has 0 aliphatic rings. The first kappa shape index (κ1) is 26.9. The number of benzene rings is 2. The Morgan fingerprint density at radius 1 is 0.972 bits per heavy atom. The molecule has 0 spiro atoms. The highest BCUT2D eigenvalue weighted by atomic mass is 32.2. The van der Waals surface area contributed by atoms with Gasteiger partial charge in [0, 0.05) is 30.5 Å². The van der Waals surface area contributed by atoms with Crippen molar-refractivity contribution in [1.29, 1.82) is 0 Å². The Morgan fingerprint density at radius 3 is 2.33 bits per heavy atom. The molecular weight excluding hydrogens is 476 g/mol. The molecule has 0 aliphatic carbocycles. The Morgan fingerprint density at radius 2 is 1.69 bits per heavy atom. The first-order valence-corrected chi connectivity index (χ1v) is 12.6. The van der Waals surface area contributed by atoms with Gasteiger partial charge in [0.2, 0.25) is 5.91 Å². The van der Waals surface area contributed by atoms with Crippen LogP contribution in [0, 0.1) is 5.92 Å². The minimum Gasteiger partial charge on any atom is -0.487 e. The molecular formula is C28H30N2O5S. The molecule has 1 unspecified atom stereocenters. The number of rotatable bonds is 12. The number of nitrogens with zero attached hydrogens (tertiary/aromatic N) is 2. The van der Waals surface area contributed by atoms with E-state index in [1.165, 1.54) is 18.9 Å². The van der Waals surface area contributed by atoms with Crippen LogP contribution in [0.5, 0.6) is 5.75 Å². The summed E-state index contributed by atoms with van der Waals surface area (Å²) < 4.78 is 10.6. The van der Waals surface area contributed by atoms with Gasteiger partial charge in [-0.3, -0.25) is 19.4 Å². The molecule has 3 rings (SSSR count). The molecule has 3 aromatic rings. The molecule has 0 N–H and O–H groups in total. The first-order chi connectivity index (χ1) is 17.5. The fourth-order valence-corrected chi connectivity index (χ4v) is 4.30. The van der Waals surface area contributed by atoms with Gasteiger partial charge in [-0.05, 0) is 54.8 Å². The molecule has 188 valence electrons. The largest absolute Gasteiger partial charge is 0.487 e. The molecule has 0 fully saturated rings. The fourth-order valence-electron chi connectivity index (χ4n) is 3.56. The number of hydrogen-bond donors (Lipinski definition) is 0. The Labute approximate surface area is 215 Å². The van der Waals surface area contributed by atoms with Crippen molar-refractivity contribution in [1.82, 2.24) is 4.98 Å². The number of carbonyl (C=O) groups is 3. The SMILES string of the molecule is COC(=O)CN(C(=O)C(CCc1ccccc1)CSC(C)=O)c1ccc(OCc2ccccn2)cc1. The van der Waals surface area contributed by atoms with E-state index in [1.54, 1.807) is 30.5 Å². The lowest BCUT2D eigenvalue weighted by molar-refractivity contribution is -0.140. The lowest BCUT2D eigenvalue weighted by atomic mass is 9.99. The number of carbonyl (C=O) groups excluding carboxylic acids is 3. The van der Waals surface area contributed by atoms with E-state index in [9.17, 15) is 14.4 Å². The van der Waals surface area contributed by atoms with Crippen molar-refractivity contribution in [3.8, 4) is 5.75 Å². The monoisotopic (exact) mass is 506 g/mol. The minimum absolute atomic E-state index is 0.0542. The van der Waals surface area contributed by atoms with E-state index < -0.39 is 11.9 Å². The quantitative estimate of drug-likeness (QED) is 0.329. The zero-order chi connectivity index (χ0) is 25.8. The summed E-state index contributed by atoms with van der Waals surface area (Å²) in [4.78, 5) is 43.2. The standard InChI is InChI=1S/C28H30N2O5S/c1-21(31)36-20-23(12-11-22-8-4-3-5-9-22)28(33)30(18-27(32)34-2)25-13-15-26(16-14-25)35-19-24-10-6-7-17-29-24/h3-10,13-17,23H,11-12,18-20H2,1-2H3. The molecule has 1 atom stereocenters. The second-order valence-electron chi connectivity index (χ2n) is 8.13. The molecule has 0 aliphatic heterocycles. The van der Waals surface area contributed by atoms with Crippen LogP contribution in [0.2, 0.25) is 0 Å². The summed E-state index contributed by atoms with van der Waals surface area (Å²) in [5, 5.41) is -0.0542. The van der Waals surface area contributed by atoms with Gasteiger partial charge in [-0.25, -0.2) is 0 Å². The summed E-state index contributed by atoms with van der Waals surface area (Å²) in [5.74, 6) is -0.261. The van der Waals surface area contributed by atoms with Gasteiger partial charge in [0.05, 0.1) is 12.8 Å². The maximum atomic E-state index is 13.7. The number of anilines is 1. The molecule has 1 heterocycles. The van der Waals surface area contributed by atoms with E-state index >= 15 is 0 Å². The molecule has 0 saturated heterocycles. The molecule has 36 heavy (non-hydrogen) atoms. The van der Waals surface area contributed by atoms with Crippen molar-refractivity contribution in [2.24, 2.45) is 5.92 Å². The van der Waals surface area contributed by atoms with Crippen molar-refractivity contribution in [2.75, 3.05) is 24.3 Å². The van der Waals surface area contributed by atoms with Crippen LogP contribution in [0.1, 0.15) is 24.6 Å². The summed E-state index contributed by atoms with van der Waals surface area (Å²) in [7, 11) is 1.29. The van der Waals surface area contributed by atoms with Crippen molar-refractivity contribution in [3.63, 3.8) is 0 Å². The molecule has 0 saturated carbocycles. The summed E-state index contributed by atoms with van der Waals surface area (Å²) in [6.45, 7) is 1.57. The topological polar surface area (TPSA) is 85.8 Å². The predicted molar refractivity (Wildman–Crippen MR) is 141 cm³/mol. The number of aryl methyl sites for hydroxylation is 1. The Hall–Kier alpha value is -3.65.